The highest BCUT2D eigenvalue weighted by Gasteiger charge is 2.23. The summed E-state index contributed by atoms with van der Waals surface area (Å²) in [6.07, 6.45) is 5.18. The van der Waals surface area contributed by atoms with Gasteiger partial charge in [0.15, 0.2) is 5.75 Å². The van der Waals surface area contributed by atoms with Gasteiger partial charge in [0.05, 0.1) is 10.2 Å². The van der Waals surface area contributed by atoms with Crippen molar-refractivity contribution in [3.05, 3.63) is 21.7 Å². The van der Waals surface area contributed by atoms with Crippen molar-refractivity contribution < 1.29 is 14.6 Å². The summed E-state index contributed by atoms with van der Waals surface area (Å²) in [5.74, 6) is 0.503. The minimum Gasteiger partial charge on any atom is -0.505 e. The van der Waals surface area contributed by atoms with E-state index in [2.05, 4.69) is 15.9 Å². The van der Waals surface area contributed by atoms with Crippen molar-refractivity contribution in [3.63, 3.8) is 0 Å². The van der Waals surface area contributed by atoms with E-state index < -0.39 is 5.60 Å². The van der Waals surface area contributed by atoms with Gasteiger partial charge in [-0.2, -0.15) is 0 Å². The smallest absolute Gasteiger partial charge is 0.306 e. The fraction of sp³-hybridized carbons (Fsp3) is 0.611. The number of carbonyl (C=O) groups is 1. The molecule has 0 heterocycles. The molecule has 0 radical (unpaired) electrons. The molecule has 4 nitrogen and oxygen atoms in total. The molecule has 1 aliphatic carbocycles. The summed E-state index contributed by atoms with van der Waals surface area (Å²) in [5.41, 5.74) is 8.20. The van der Waals surface area contributed by atoms with Gasteiger partial charge in [0.2, 0.25) is 0 Å². The zero-order valence-electron chi connectivity index (χ0n) is 14.1. The zero-order chi connectivity index (χ0) is 17.2. The molecule has 1 aromatic rings. The molecule has 128 valence electrons. The Balaban J connectivity index is 1.95. The Hall–Kier alpha value is -1.23. The molecule has 0 saturated heterocycles. The van der Waals surface area contributed by atoms with Crippen LogP contribution in [-0.2, 0) is 22.4 Å². The third-order valence-electron chi connectivity index (χ3n) is 4.26. The molecule has 2 rings (SSSR count). The number of benzene rings is 1. The molecule has 0 aromatic heterocycles. The molecule has 1 unspecified atom stereocenters. The number of rotatable bonds is 3. The minimum atomic E-state index is -0.420. The number of phenols is 1. The van der Waals surface area contributed by atoms with Crippen molar-refractivity contribution in [2.45, 2.75) is 64.9 Å². The molecule has 5 heteroatoms. The average molecular weight is 384 g/mol. The number of phenolic OH excluding ortho intramolecular Hbond substituents is 1. The van der Waals surface area contributed by atoms with E-state index in [0.717, 1.165) is 42.1 Å². The maximum atomic E-state index is 11.9. The summed E-state index contributed by atoms with van der Waals surface area (Å²) in [7, 11) is 0. The summed E-state index contributed by atoms with van der Waals surface area (Å²) >= 11 is 3.46. The molecule has 0 spiro atoms. The van der Waals surface area contributed by atoms with Gasteiger partial charge in [0, 0.05) is 6.42 Å². The molecule has 0 amide bonds. The fourth-order valence-corrected chi connectivity index (χ4v) is 3.78. The summed E-state index contributed by atoms with van der Waals surface area (Å²) in [6.45, 7) is 5.67. The van der Waals surface area contributed by atoms with Gasteiger partial charge in [-0.25, -0.2) is 0 Å². The first kappa shape index (κ1) is 18.1. The first-order chi connectivity index (χ1) is 10.7. The molecule has 23 heavy (non-hydrogen) atoms. The molecule has 0 saturated carbocycles. The third-order valence-corrected chi connectivity index (χ3v) is 5.12. The average Bonchev–Trinajstić information content (AvgIpc) is 2.63. The van der Waals surface area contributed by atoms with Gasteiger partial charge in [-0.1, -0.05) is 0 Å². The van der Waals surface area contributed by atoms with Crippen LogP contribution in [-0.4, -0.2) is 16.7 Å². The maximum absolute atomic E-state index is 11.9. The number of hydrogen-bond acceptors (Lipinski definition) is 4. The Bertz CT molecular complexity index is 593. The van der Waals surface area contributed by atoms with Crippen molar-refractivity contribution >= 4 is 27.6 Å². The Labute approximate surface area is 146 Å². The molecule has 0 fully saturated rings. The topological polar surface area (TPSA) is 72.5 Å². The first-order valence-electron chi connectivity index (χ1n) is 8.18. The molecular weight excluding hydrogens is 358 g/mol. The number of aromatic hydroxyl groups is 1. The second-order valence-corrected chi connectivity index (χ2v) is 8.13. The van der Waals surface area contributed by atoms with Crippen LogP contribution in [0.25, 0.3) is 0 Å². The van der Waals surface area contributed by atoms with Crippen LogP contribution in [0.15, 0.2) is 10.5 Å². The minimum absolute atomic E-state index is 0.123. The van der Waals surface area contributed by atoms with Gasteiger partial charge in [-0.3, -0.25) is 4.79 Å². The van der Waals surface area contributed by atoms with Crippen LogP contribution >= 0.6 is 15.9 Å². The lowest BCUT2D eigenvalue weighted by Crippen LogP contribution is -2.24. The number of aryl methyl sites for hydroxylation is 1. The highest BCUT2D eigenvalue weighted by molar-refractivity contribution is 9.10. The normalized spacial score (nSPS) is 18.2. The lowest BCUT2D eigenvalue weighted by molar-refractivity contribution is -0.155. The van der Waals surface area contributed by atoms with Gasteiger partial charge in [0.1, 0.15) is 5.60 Å². The van der Waals surface area contributed by atoms with E-state index in [0.29, 0.717) is 18.0 Å². The lowest BCUT2D eigenvalue weighted by Gasteiger charge is -2.20. The van der Waals surface area contributed by atoms with E-state index in [1.165, 1.54) is 5.56 Å². The summed E-state index contributed by atoms with van der Waals surface area (Å²) in [4.78, 5) is 11.9. The Morgan fingerprint density at radius 3 is 2.70 bits per heavy atom. The Kier molecular flexibility index (Phi) is 5.61. The number of carbonyl (C=O) groups excluding carboxylic acids is 1. The largest absolute Gasteiger partial charge is 0.505 e. The number of nitrogen functional groups attached to an aromatic ring is 1. The lowest BCUT2D eigenvalue weighted by atomic mass is 9.94. The van der Waals surface area contributed by atoms with Gasteiger partial charge in [0.25, 0.3) is 0 Å². The molecule has 0 bridgehead atoms. The monoisotopic (exact) mass is 383 g/mol. The van der Waals surface area contributed by atoms with E-state index in [1.54, 1.807) is 0 Å². The molecule has 0 aliphatic heterocycles. The molecule has 3 N–H and O–H groups in total. The summed E-state index contributed by atoms with van der Waals surface area (Å²) < 4.78 is 6.10. The predicted molar refractivity (Wildman–Crippen MR) is 95.4 cm³/mol. The fourth-order valence-electron chi connectivity index (χ4n) is 3.10. The van der Waals surface area contributed by atoms with Gasteiger partial charge < -0.3 is 15.6 Å². The van der Waals surface area contributed by atoms with E-state index >= 15 is 0 Å². The van der Waals surface area contributed by atoms with E-state index in [4.69, 9.17) is 10.5 Å². The van der Waals surface area contributed by atoms with Crippen molar-refractivity contribution in [3.8, 4) is 5.75 Å². The quantitative estimate of drug-likeness (QED) is 0.352. The van der Waals surface area contributed by atoms with Crippen molar-refractivity contribution in [1.82, 2.24) is 0 Å². The number of anilines is 1. The molecule has 1 aliphatic rings. The van der Waals surface area contributed by atoms with E-state index in [1.807, 2.05) is 26.8 Å². The van der Waals surface area contributed by atoms with Crippen molar-refractivity contribution in [2.75, 3.05) is 5.73 Å². The van der Waals surface area contributed by atoms with Crippen LogP contribution in [0.1, 0.15) is 57.6 Å². The first-order valence-corrected chi connectivity index (χ1v) is 8.97. The van der Waals surface area contributed by atoms with Crippen LogP contribution < -0.4 is 5.73 Å². The summed E-state index contributed by atoms with van der Waals surface area (Å²) in [6, 6.07) is 1.88. The number of fused-ring (bicyclic) bond motifs is 1. The molecule has 1 aromatic carbocycles. The maximum Gasteiger partial charge on any atom is 0.306 e. The van der Waals surface area contributed by atoms with Crippen molar-refractivity contribution in [1.29, 1.82) is 0 Å². The van der Waals surface area contributed by atoms with Crippen LogP contribution in [0.2, 0.25) is 0 Å². The van der Waals surface area contributed by atoms with Crippen molar-refractivity contribution in [2.24, 2.45) is 5.92 Å². The Morgan fingerprint density at radius 2 is 2.04 bits per heavy atom. The molecule has 1 atom stereocenters. The van der Waals surface area contributed by atoms with Gasteiger partial charge in [-0.15, -0.1) is 0 Å². The number of hydrogen-bond donors (Lipinski definition) is 2. The van der Waals surface area contributed by atoms with E-state index in [9.17, 15) is 9.90 Å². The van der Waals surface area contributed by atoms with Gasteiger partial charge >= 0.3 is 5.97 Å². The standard InChI is InChI=1S/C18H26BrNO3/c1-18(2,3)23-15(21)9-6-11-4-7-12-10-14(20)17(22)16(19)13(12)8-5-11/h10-11,22H,4-9,20H2,1-3H3. The number of ether oxygens (including phenoxy) is 1. The number of esters is 1. The number of nitrogens with two attached hydrogens (primary N) is 1. The highest BCUT2D eigenvalue weighted by Crippen LogP contribution is 2.39. The van der Waals surface area contributed by atoms with Crippen LogP contribution in [0.5, 0.6) is 5.75 Å². The SMILES string of the molecule is CC(C)(C)OC(=O)CCC1CCc2cc(N)c(O)c(Br)c2CC1. The Morgan fingerprint density at radius 1 is 1.39 bits per heavy atom. The number of halogens is 1. The third kappa shape index (κ3) is 4.87. The van der Waals surface area contributed by atoms with Crippen LogP contribution in [0, 0.1) is 5.92 Å². The predicted octanol–water partition coefficient (Wildman–Crippen LogP) is 4.35. The highest BCUT2D eigenvalue weighted by atomic mass is 79.9. The zero-order valence-corrected chi connectivity index (χ0v) is 15.7. The van der Waals surface area contributed by atoms with Crippen LogP contribution in [0.4, 0.5) is 5.69 Å². The molecular formula is C18H26BrNO3. The second kappa shape index (κ2) is 7.12. The summed E-state index contributed by atoms with van der Waals surface area (Å²) in [5, 5.41) is 9.97. The second-order valence-electron chi connectivity index (χ2n) is 7.33. The van der Waals surface area contributed by atoms with Gasteiger partial charge in [-0.05, 0) is 91.9 Å². The van der Waals surface area contributed by atoms with E-state index in [-0.39, 0.29) is 11.7 Å². The van der Waals surface area contributed by atoms with Crippen LogP contribution in [0.3, 0.4) is 0 Å².